The zero-order valence-electron chi connectivity index (χ0n) is 9.51. The lowest BCUT2D eigenvalue weighted by atomic mass is 9.97. The van der Waals surface area contributed by atoms with Gasteiger partial charge in [-0.15, -0.1) is 0 Å². The van der Waals surface area contributed by atoms with Crippen LogP contribution in [0, 0.1) is 6.92 Å². The third-order valence-electron chi connectivity index (χ3n) is 2.81. The summed E-state index contributed by atoms with van der Waals surface area (Å²) in [6.07, 6.45) is 1.91. The number of fused-ring (bicyclic) bond motifs is 1. The van der Waals surface area contributed by atoms with Gasteiger partial charge in [-0.2, -0.15) is 0 Å². The van der Waals surface area contributed by atoms with Crippen LogP contribution < -0.4 is 0 Å². The first kappa shape index (κ1) is 11.7. The number of rotatable bonds is 1. The van der Waals surface area contributed by atoms with Crippen molar-refractivity contribution in [1.29, 1.82) is 0 Å². The second-order valence-corrected chi connectivity index (χ2v) is 5.12. The third kappa shape index (κ3) is 1.90. The normalized spacial score (nSPS) is 11.4. The van der Waals surface area contributed by atoms with Gasteiger partial charge in [-0.3, -0.25) is 4.98 Å². The van der Waals surface area contributed by atoms with E-state index in [9.17, 15) is 0 Å². The Morgan fingerprint density at radius 1 is 1.19 bits per heavy atom. The Hall–Kier alpha value is -0.790. The molecule has 0 aliphatic rings. The molecule has 0 radical (unpaired) electrons. The lowest BCUT2D eigenvalue weighted by Gasteiger charge is -2.12. The molecule has 0 bridgehead atoms. The van der Waals surface area contributed by atoms with Gasteiger partial charge in [0.1, 0.15) is 0 Å². The Balaban J connectivity index is 2.84. The second-order valence-electron chi connectivity index (χ2n) is 4.27. The Morgan fingerprint density at radius 2 is 1.88 bits per heavy atom. The smallest absolute Gasteiger partial charge is 0.0734 e. The fourth-order valence-corrected chi connectivity index (χ4v) is 2.62. The summed E-state index contributed by atoms with van der Waals surface area (Å²) in [5.74, 6) is 0.448. The van der Waals surface area contributed by atoms with E-state index in [1.807, 2.05) is 12.3 Å². The number of hydrogen-bond donors (Lipinski definition) is 0. The molecule has 1 aromatic heterocycles. The highest BCUT2D eigenvalue weighted by Crippen LogP contribution is 2.32. The van der Waals surface area contributed by atoms with Crippen LogP contribution in [-0.2, 0) is 0 Å². The van der Waals surface area contributed by atoms with E-state index in [2.05, 4.69) is 25.8 Å². The monoisotopic (exact) mass is 253 g/mol. The van der Waals surface area contributed by atoms with Gasteiger partial charge in [-0.1, -0.05) is 37.0 Å². The lowest BCUT2D eigenvalue weighted by Crippen LogP contribution is -1.95. The standard InChI is InChI=1S/C13H13Cl2N/c1-7(2)10-6-16-12-5-9(14)4-11(15)13(12)8(10)3/h4-7H,1-3H3. The highest BCUT2D eigenvalue weighted by atomic mass is 35.5. The minimum Gasteiger partial charge on any atom is -0.256 e. The topological polar surface area (TPSA) is 12.9 Å². The van der Waals surface area contributed by atoms with E-state index in [0.29, 0.717) is 16.0 Å². The van der Waals surface area contributed by atoms with Crippen LogP contribution in [0.1, 0.15) is 30.9 Å². The van der Waals surface area contributed by atoms with Crippen LogP contribution in [0.25, 0.3) is 10.9 Å². The molecule has 1 aromatic carbocycles. The number of aromatic nitrogens is 1. The van der Waals surface area contributed by atoms with Gasteiger partial charge in [-0.25, -0.2) is 0 Å². The van der Waals surface area contributed by atoms with Crippen LogP contribution >= 0.6 is 23.2 Å². The van der Waals surface area contributed by atoms with E-state index < -0.39 is 0 Å². The number of aryl methyl sites for hydroxylation is 1. The molecule has 2 aromatic rings. The molecule has 16 heavy (non-hydrogen) atoms. The van der Waals surface area contributed by atoms with Crippen LogP contribution in [-0.4, -0.2) is 4.98 Å². The summed E-state index contributed by atoms with van der Waals surface area (Å²) >= 11 is 12.2. The molecule has 0 aliphatic carbocycles. The molecule has 0 saturated heterocycles. The summed E-state index contributed by atoms with van der Waals surface area (Å²) in [5.41, 5.74) is 3.29. The largest absolute Gasteiger partial charge is 0.256 e. The molecule has 0 aliphatic heterocycles. The molecule has 1 nitrogen and oxygen atoms in total. The minimum atomic E-state index is 0.448. The number of benzene rings is 1. The van der Waals surface area contributed by atoms with Gasteiger partial charge >= 0.3 is 0 Å². The zero-order chi connectivity index (χ0) is 11.9. The highest BCUT2D eigenvalue weighted by molar-refractivity contribution is 6.38. The number of halogens is 2. The second kappa shape index (κ2) is 4.23. The van der Waals surface area contributed by atoms with Gasteiger partial charge in [0.15, 0.2) is 0 Å². The van der Waals surface area contributed by atoms with Crippen LogP contribution in [0.5, 0.6) is 0 Å². The Morgan fingerprint density at radius 3 is 2.50 bits per heavy atom. The molecule has 0 fully saturated rings. The van der Waals surface area contributed by atoms with Crippen molar-refractivity contribution in [1.82, 2.24) is 4.98 Å². The van der Waals surface area contributed by atoms with E-state index in [0.717, 1.165) is 10.9 Å². The molecule has 84 valence electrons. The molecule has 0 atom stereocenters. The predicted molar refractivity (Wildman–Crippen MR) is 70.6 cm³/mol. The van der Waals surface area contributed by atoms with E-state index in [1.165, 1.54) is 11.1 Å². The molecule has 0 saturated carbocycles. The van der Waals surface area contributed by atoms with Crippen molar-refractivity contribution in [2.24, 2.45) is 0 Å². The van der Waals surface area contributed by atoms with Crippen LogP contribution in [0.15, 0.2) is 18.3 Å². The molecule has 1 heterocycles. The van der Waals surface area contributed by atoms with Crippen LogP contribution in [0.4, 0.5) is 0 Å². The Labute approximate surface area is 105 Å². The zero-order valence-corrected chi connectivity index (χ0v) is 11.0. The van der Waals surface area contributed by atoms with Crippen molar-refractivity contribution in [2.45, 2.75) is 26.7 Å². The third-order valence-corrected chi connectivity index (χ3v) is 3.32. The van der Waals surface area contributed by atoms with Gasteiger partial charge in [-0.05, 0) is 36.1 Å². The Bertz CT molecular complexity index is 547. The molecular formula is C13H13Cl2N. The van der Waals surface area contributed by atoms with Gasteiger partial charge in [0.05, 0.1) is 10.5 Å². The van der Waals surface area contributed by atoms with Crippen molar-refractivity contribution >= 4 is 34.1 Å². The maximum Gasteiger partial charge on any atom is 0.0734 e. The van der Waals surface area contributed by atoms with Crippen LogP contribution in [0.2, 0.25) is 10.0 Å². The fourth-order valence-electron chi connectivity index (χ4n) is 2.00. The summed E-state index contributed by atoms with van der Waals surface area (Å²) in [5, 5.41) is 2.31. The first-order valence-electron chi connectivity index (χ1n) is 5.25. The molecule has 0 unspecified atom stereocenters. The van der Waals surface area contributed by atoms with Crippen molar-refractivity contribution in [3.63, 3.8) is 0 Å². The fraction of sp³-hybridized carbons (Fsp3) is 0.308. The highest BCUT2D eigenvalue weighted by Gasteiger charge is 2.11. The average molecular weight is 254 g/mol. The first-order valence-corrected chi connectivity index (χ1v) is 6.00. The summed E-state index contributed by atoms with van der Waals surface area (Å²) in [7, 11) is 0. The van der Waals surface area contributed by atoms with E-state index in [1.54, 1.807) is 6.07 Å². The summed E-state index contributed by atoms with van der Waals surface area (Å²) in [6.45, 7) is 6.39. The predicted octanol–water partition coefficient (Wildman–Crippen LogP) is 4.97. The van der Waals surface area contributed by atoms with Gasteiger partial charge in [0, 0.05) is 16.6 Å². The van der Waals surface area contributed by atoms with Crippen molar-refractivity contribution in [3.8, 4) is 0 Å². The maximum atomic E-state index is 6.22. The summed E-state index contributed by atoms with van der Waals surface area (Å²) in [6, 6.07) is 3.62. The van der Waals surface area contributed by atoms with Gasteiger partial charge < -0.3 is 0 Å². The number of hydrogen-bond acceptors (Lipinski definition) is 1. The van der Waals surface area contributed by atoms with E-state index >= 15 is 0 Å². The quantitative estimate of drug-likeness (QED) is 0.699. The molecule has 0 N–H and O–H groups in total. The maximum absolute atomic E-state index is 6.22. The van der Waals surface area contributed by atoms with E-state index in [4.69, 9.17) is 23.2 Å². The molecule has 2 rings (SSSR count). The number of pyridine rings is 1. The molecule has 0 spiro atoms. The molecule has 3 heteroatoms. The van der Waals surface area contributed by atoms with Crippen LogP contribution in [0.3, 0.4) is 0 Å². The van der Waals surface area contributed by atoms with Crippen molar-refractivity contribution < 1.29 is 0 Å². The molecule has 0 amide bonds. The number of nitrogens with zero attached hydrogens (tertiary/aromatic N) is 1. The summed E-state index contributed by atoms with van der Waals surface area (Å²) in [4.78, 5) is 4.42. The average Bonchev–Trinajstić information content (AvgIpc) is 2.15. The summed E-state index contributed by atoms with van der Waals surface area (Å²) < 4.78 is 0. The molecular weight excluding hydrogens is 241 g/mol. The van der Waals surface area contributed by atoms with Gasteiger partial charge in [0.2, 0.25) is 0 Å². The van der Waals surface area contributed by atoms with E-state index in [-0.39, 0.29) is 0 Å². The lowest BCUT2D eigenvalue weighted by molar-refractivity contribution is 0.852. The minimum absolute atomic E-state index is 0.448. The van der Waals surface area contributed by atoms with Gasteiger partial charge in [0.25, 0.3) is 0 Å². The van der Waals surface area contributed by atoms with Crippen molar-refractivity contribution in [3.05, 3.63) is 39.5 Å². The first-order chi connectivity index (χ1) is 7.50. The van der Waals surface area contributed by atoms with Crippen molar-refractivity contribution in [2.75, 3.05) is 0 Å². The Kier molecular flexibility index (Phi) is 3.09. The SMILES string of the molecule is Cc1c(C(C)C)cnc2cc(Cl)cc(Cl)c12.